The first-order valence-electron chi connectivity index (χ1n) is 8.40. The molecule has 25 heavy (non-hydrogen) atoms. The summed E-state index contributed by atoms with van der Waals surface area (Å²) in [6.07, 6.45) is 0.668. The normalized spacial score (nSPS) is 14.9. The van der Waals surface area contributed by atoms with E-state index >= 15 is 0 Å². The molecule has 0 spiro atoms. The molecule has 1 aliphatic rings. The maximum Gasteiger partial charge on any atom is 0.259 e. The van der Waals surface area contributed by atoms with Gasteiger partial charge < -0.3 is 0 Å². The lowest BCUT2D eigenvalue weighted by molar-refractivity contribution is 0.156. The SMILES string of the molecule is CCc1c(C)nc2n(c1=O)CN(C(C)C)CN2c1ccc(Cl)cc1Cl. The molecule has 0 saturated carbocycles. The topological polar surface area (TPSA) is 41.4 Å². The minimum atomic E-state index is 0.0189. The smallest absolute Gasteiger partial charge is 0.259 e. The molecule has 1 aromatic carbocycles. The van der Waals surface area contributed by atoms with Crippen LogP contribution in [0.1, 0.15) is 32.0 Å². The largest absolute Gasteiger partial charge is 0.297 e. The number of halogens is 2. The van der Waals surface area contributed by atoms with Crippen LogP contribution in [0.4, 0.5) is 11.6 Å². The van der Waals surface area contributed by atoms with Crippen molar-refractivity contribution >= 4 is 34.8 Å². The van der Waals surface area contributed by atoms with E-state index in [9.17, 15) is 4.79 Å². The van der Waals surface area contributed by atoms with E-state index < -0.39 is 0 Å². The minimum absolute atomic E-state index is 0.0189. The van der Waals surface area contributed by atoms with Crippen LogP contribution in [-0.2, 0) is 13.1 Å². The summed E-state index contributed by atoms with van der Waals surface area (Å²) < 4.78 is 1.74. The van der Waals surface area contributed by atoms with E-state index in [-0.39, 0.29) is 11.6 Å². The highest BCUT2D eigenvalue weighted by Crippen LogP contribution is 2.35. The first-order valence-corrected chi connectivity index (χ1v) is 9.16. The summed E-state index contributed by atoms with van der Waals surface area (Å²) in [6, 6.07) is 5.66. The Kier molecular flexibility index (Phi) is 5.09. The fourth-order valence-corrected chi connectivity index (χ4v) is 3.62. The Balaban J connectivity index is 2.22. The molecule has 7 heteroatoms. The van der Waals surface area contributed by atoms with Crippen LogP contribution >= 0.6 is 23.2 Å². The first kappa shape index (κ1) is 18.2. The molecule has 5 nitrogen and oxygen atoms in total. The molecule has 0 bridgehead atoms. The molecule has 0 N–H and O–H groups in total. The molecule has 0 saturated heterocycles. The molecule has 1 aromatic heterocycles. The molecule has 0 unspecified atom stereocenters. The number of aryl methyl sites for hydroxylation is 1. The lowest BCUT2D eigenvalue weighted by atomic mass is 10.2. The van der Waals surface area contributed by atoms with Crippen molar-refractivity contribution in [3.63, 3.8) is 0 Å². The van der Waals surface area contributed by atoms with Gasteiger partial charge in [-0.2, -0.15) is 0 Å². The average molecular weight is 381 g/mol. The van der Waals surface area contributed by atoms with E-state index in [2.05, 4.69) is 18.7 Å². The molecule has 2 aromatic rings. The fourth-order valence-electron chi connectivity index (χ4n) is 3.11. The van der Waals surface area contributed by atoms with Gasteiger partial charge in [0.15, 0.2) is 0 Å². The van der Waals surface area contributed by atoms with Gasteiger partial charge in [-0.15, -0.1) is 0 Å². The Bertz CT molecular complexity index is 863. The number of anilines is 2. The molecule has 0 aliphatic carbocycles. The van der Waals surface area contributed by atoms with Crippen molar-refractivity contribution < 1.29 is 0 Å². The second kappa shape index (κ2) is 6.98. The number of rotatable bonds is 3. The van der Waals surface area contributed by atoms with Crippen molar-refractivity contribution in [1.82, 2.24) is 14.5 Å². The molecule has 0 fully saturated rings. The highest BCUT2D eigenvalue weighted by Gasteiger charge is 2.29. The minimum Gasteiger partial charge on any atom is -0.297 e. The number of hydrogen-bond acceptors (Lipinski definition) is 4. The highest BCUT2D eigenvalue weighted by molar-refractivity contribution is 6.36. The maximum absolute atomic E-state index is 13.0. The fraction of sp³-hybridized carbons (Fsp3) is 0.444. The van der Waals surface area contributed by atoms with Gasteiger partial charge in [0, 0.05) is 22.3 Å². The van der Waals surface area contributed by atoms with Gasteiger partial charge in [0.2, 0.25) is 5.95 Å². The number of aromatic nitrogens is 2. The van der Waals surface area contributed by atoms with E-state index in [1.165, 1.54) is 0 Å². The molecule has 3 rings (SSSR count). The second-order valence-electron chi connectivity index (χ2n) is 6.55. The summed E-state index contributed by atoms with van der Waals surface area (Å²) in [5, 5.41) is 1.12. The van der Waals surface area contributed by atoms with Crippen LogP contribution < -0.4 is 10.5 Å². The zero-order chi connectivity index (χ0) is 18.3. The van der Waals surface area contributed by atoms with Crippen molar-refractivity contribution in [2.75, 3.05) is 11.6 Å². The van der Waals surface area contributed by atoms with Crippen LogP contribution in [-0.4, -0.2) is 27.2 Å². The Morgan fingerprint density at radius 2 is 1.96 bits per heavy atom. The molecule has 0 radical (unpaired) electrons. The molecule has 2 heterocycles. The monoisotopic (exact) mass is 380 g/mol. The summed E-state index contributed by atoms with van der Waals surface area (Å²) in [5.74, 6) is 0.626. The van der Waals surface area contributed by atoms with Crippen molar-refractivity contribution in [3.05, 3.63) is 49.9 Å². The standard InChI is InChI=1S/C18H22Cl2N4O/c1-5-14-12(4)21-18-23(16-7-6-13(19)8-15(16)20)9-22(11(2)3)10-24(18)17(14)25/h6-8,11H,5,9-10H2,1-4H3. The molecule has 0 amide bonds. The summed E-state index contributed by atoms with van der Waals surface area (Å²) in [7, 11) is 0. The lowest BCUT2D eigenvalue weighted by Crippen LogP contribution is -2.50. The maximum atomic E-state index is 13.0. The number of nitrogens with zero attached hydrogens (tertiary/aromatic N) is 4. The predicted molar refractivity (Wildman–Crippen MR) is 103 cm³/mol. The zero-order valence-corrected chi connectivity index (χ0v) is 16.4. The van der Waals surface area contributed by atoms with Gasteiger partial charge in [0.1, 0.15) is 0 Å². The highest BCUT2D eigenvalue weighted by atomic mass is 35.5. The van der Waals surface area contributed by atoms with Crippen molar-refractivity contribution in [2.24, 2.45) is 0 Å². The molecule has 1 aliphatic heterocycles. The first-order chi connectivity index (χ1) is 11.8. The average Bonchev–Trinajstić information content (AvgIpc) is 2.55. The number of hydrogen-bond donors (Lipinski definition) is 0. The summed E-state index contributed by atoms with van der Waals surface area (Å²) >= 11 is 12.5. The van der Waals surface area contributed by atoms with Crippen molar-refractivity contribution in [3.8, 4) is 0 Å². The number of fused-ring (bicyclic) bond motifs is 1. The van der Waals surface area contributed by atoms with Crippen LogP contribution in [0.5, 0.6) is 0 Å². The van der Waals surface area contributed by atoms with Gasteiger partial charge >= 0.3 is 0 Å². The van der Waals surface area contributed by atoms with E-state index in [4.69, 9.17) is 28.2 Å². The van der Waals surface area contributed by atoms with Gasteiger partial charge in [-0.3, -0.25) is 19.2 Å². The van der Waals surface area contributed by atoms with E-state index in [1.807, 2.05) is 24.8 Å². The zero-order valence-electron chi connectivity index (χ0n) is 14.9. The van der Waals surface area contributed by atoms with Gasteiger partial charge in [-0.25, -0.2) is 4.98 Å². The summed E-state index contributed by atoms with van der Waals surface area (Å²) in [5.41, 5.74) is 2.34. The van der Waals surface area contributed by atoms with Gasteiger partial charge in [-0.05, 0) is 45.4 Å². The summed E-state index contributed by atoms with van der Waals surface area (Å²) in [4.78, 5) is 21.9. The molecule has 0 atom stereocenters. The third-order valence-electron chi connectivity index (χ3n) is 4.62. The Morgan fingerprint density at radius 1 is 1.24 bits per heavy atom. The molecule has 134 valence electrons. The van der Waals surface area contributed by atoms with Crippen molar-refractivity contribution in [2.45, 2.75) is 46.8 Å². The Hall–Kier alpha value is -1.56. The van der Waals surface area contributed by atoms with Crippen LogP contribution in [0.3, 0.4) is 0 Å². The third-order valence-corrected chi connectivity index (χ3v) is 5.16. The predicted octanol–water partition coefficient (Wildman–Crippen LogP) is 4.20. The molecular formula is C18H22Cl2N4O. The molecular weight excluding hydrogens is 359 g/mol. The Morgan fingerprint density at radius 3 is 2.56 bits per heavy atom. The van der Waals surface area contributed by atoms with Gasteiger partial charge in [-0.1, -0.05) is 30.1 Å². The van der Waals surface area contributed by atoms with E-state index in [0.29, 0.717) is 35.8 Å². The summed E-state index contributed by atoms with van der Waals surface area (Å²) in [6.45, 7) is 9.22. The van der Waals surface area contributed by atoms with Crippen LogP contribution in [0.25, 0.3) is 0 Å². The van der Waals surface area contributed by atoms with Crippen molar-refractivity contribution in [1.29, 1.82) is 0 Å². The van der Waals surface area contributed by atoms with Gasteiger partial charge in [0.25, 0.3) is 5.56 Å². The lowest BCUT2D eigenvalue weighted by Gasteiger charge is -2.40. The third kappa shape index (κ3) is 3.28. The number of benzene rings is 1. The quantitative estimate of drug-likeness (QED) is 0.799. The van der Waals surface area contributed by atoms with Crippen LogP contribution in [0.2, 0.25) is 10.0 Å². The Labute approximate surface area is 157 Å². The van der Waals surface area contributed by atoms with E-state index in [0.717, 1.165) is 16.9 Å². The second-order valence-corrected chi connectivity index (χ2v) is 7.40. The van der Waals surface area contributed by atoms with Gasteiger partial charge in [0.05, 0.1) is 24.0 Å². The van der Waals surface area contributed by atoms with Crippen LogP contribution in [0.15, 0.2) is 23.0 Å². The van der Waals surface area contributed by atoms with Crippen LogP contribution in [0, 0.1) is 6.92 Å². The van der Waals surface area contributed by atoms with E-state index in [1.54, 1.807) is 16.7 Å².